The standard InChI is InChI=1S/C17H27N3O2S.HI/c1-17(8-4-10-23-17)12-20-16(18-2)19-9-7-13-5-6-14(22-3)11-15(13)21;/h5-6,11,21H,4,7-10,12H2,1-3H3,(H2,18,19,20);1H. The maximum absolute atomic E-state index is 9.97. The number of guanidine groups is 1. The molecule has 3 N–H and O–H groups in total. The summed E-state index contributed by atoms with van der Waals surface area (Å²) in [7, 11) is 3.37. The van der Waals surface area contributed by atoms with Gasteiger partial charge in [-0.05, 0) is 43.6 Å². The second kappa shape index (κ2) is 10.2. The van der Waals surface area contributed by atoms with Gasteiger partial charge in [-0.1, -0.05) is 6.07 Å². The van der Waals surface area contributed by atoms with Crippen LogP contribution in [0.15, 0.2) is 23.2 Å². The molecule has 5 nitrogen and oxygen atoms in total. The molecule has 24 heavy (non-hydrogen) atoms. The van der Waals surface area contributed by atoms with E-state index in [2.05, 4.69) is 22.5 Å². The predicted octanol–water partition coefficient (Wildman–Crippen LogP) is 3.01. The highest BCUT2D eigenvalue weighted by Gasteiger charge is 2.29. The molecule has 136 valence electrons. The van der Waals surface area contributed by atoms with Crippen LogP contribution in [0.3, 0.4) is 0 Å². The van der Waals surface area contributed by atoms with E-state index < -0.39 is 0 Å². The van der Waals surface area contributed by atoms with Crippen molar-refractivity contribution in [2.75, 3.05) is 33.0 Å². The highest BCUT2D eigenvalue weighted by atomic mass is 127. The van der Waals surface area contributed by atoms with Gasteiger partial charge >= 0.3 is 0 Å². The first-order chi connectivity index (χ1) is 11.1. The Balaban J connectivity index is 0.00000288. The van der Waals surface area contributed by atoms with Gasteiger partial charge in [-0.25, -0.2) is 0 Å². The van der Waals surface area contributed by atoms with Crippen LogP contribution in [0.5, 0.6) is 11.5 Å². The highest BCUT2D eigenvalue weighted by molar-refractivity contribution is 14.0. The summed E-state index contributed by atoms with van der Waals surface area (Å²) in [6.07, 6.45) is 3.27. The molecule has 0 bridgehead atoms. The molecule has 1 saturated heterocycles. The van der Waals surface area contributed by atoms with Gasteiger partial charge in [0.1, 0.15) is 11.5 Å². The number of ether oxygens (including phenoxy) is 1. The molecule has 0 aromatic heterocycles. The van der Waals surface area contributed by atoms with Crippen LogP contribution in [0.25, 0.3) is 0 Å². The molecule has 0 saturated carbocycles. The molecule has 2 rings (SSSR count). The minimum atomic E-state index is 0. The van der Waals surface area contributed by atoms with Crippen LogP contribution in [0, 0.1) is 0 Å². The SMILES string of the molecule is CN=C(NCCc1ccc(OC)cc1O)NCC1(C)CCCS1.I. The van der Waals surface area contributed by atoms with Crippen LogP contribution >= 0.6 is 35.7 Å². The van der Waals surface area contributed by atoms with Crippen molar-refractivity contribution in [3.8, 4) is 11.5 Å². The lowest BCUT2D eigenvalue weighted by Gasteiger charge is -2.24. The van der Waals surface area contributed by atoms with Gasteiger partial charge in [0.25, 0.3) is 0 Å². The zero-order valence-corrected chi connectivity index (χ0v) is 17.7. The number of hydrogen-bond donors (Lipinski definition) is 3. The van der Waals surface area contributed by atoms with Gasteiger partial charge in [-0.15, -0.1) is 24.0 Å². The molecule has 0 amide bonds. The number of halogens is 1. The fraction of sp³-hybridized carbons (Fsp3) is 0.588. The number of phenols is 1. The number of phenolic OH excluding ortho intramolecular Hbond substituents is 1. The van der Waals surface area contributed by atoms with Crippen molar-refractivity contribution in [1.82, 2.24) is 10.6 Å². The van der Waals surface area contributed by atoms with E-state index in [0.29, 0.717) is 17.0 Å². The summed E-state index contributed by atoms with van der Waals surface area (Å²) < 4.78 is 5.40. The smallest absolute Gasteiger partial charge is 0.191 e. The zero-order valence-electron chi connectivity index (χ0n) is 14.6. The van der Waals surface area contributed by atoms with Crippen molar-refractivity contribution in [3.63, 3.8) is 0 Å². The Morgan fingerprint density at radius 2 is 2.21 bits per heavy atom. The quantitative estimate of drug-likeness (QED) is 0.343. The molecule has 1 aromatic rings. The second-order valence-corrected chi connectivity index (χ2v) is 7.68. The summed E-state index contributed by atoms with van der Waals surface area (Å²) in [4.78, 5) is 4.26. The summed E-state index contributed by atoms with van der Waals surface area (Å²) >= 11 is 2.03. The Hall–Kier alpha value is -0.830. The third-order valence-corrected chi connectivity index (χ3v) is 5.67. The van der Waals surface area contributed by atoms with E-state index in [1.807, 2.05) is 23.9 Å². The number of thioether (sulfide) groups is 1. The summed E-state index contributed by atoms with van der Waals surface area (Å²) in [5, 5.41) is 16.7. The van der Waals surface area contributed by atoms with E-state index in [-0.39, 0.29) is 29.7 Å². The first-order valence-corrected chi connectivity index (χ1v) is 8.99. The average Bonchev–Trinajstić information content (AvgIpc) is 2.99. The van der Waals surface area contributed by atoms with Gasteiger partial charge in [-0.2, -0.15) is 11.8 Å². The number of nitrogens with one attached hydrogen (secondary N) is 2. The van der Waals surface area contributed by atoms with E-state index >= 15 is 0 Å². The van der Waals surface area contributed by atoms with Crippen LogP contribution in [-0.4, -0.2) is 48.8 Å². The van der Waals surface area contributed by atoms with Crippen LogP contribution < -0.4 is 15.4 Å². The highest BCUT2D eigenvalue weighted by Crippen LogP contribution is 2.36. The maximum Gasteiger partial charge on any atom is 0.191 e. The minimum Gasteiger partial charge on any atom is -0.508 e. The van der Waals surface area contributed by atoms with Gasteiger partial charge in [0.05, 0.1) is 7.11 Å². The molecule has 0 spiro atoms. The van der Waals surface area contributed by atoms with Gasteiger partial charge < -0.3 is 20.5 Å². The molecule has 0 aliphatic carbocycles. The number of methoxy groups -OCH3 is 1. The Morgan fingerprint density at radius 1 is 1.42 bits per heavy atom. The number of benzene rings is 1. The van der Waals surface area contributed by atoms with E-state index in [4.69, 9.17) is 4.74 Å². The molecule has 1 aromatic carbocycles. The van der Waals surface area contributed by atoms with E-state index in [1.54, 1.807) is 20.2 Å². The Morgan fingerprint density at radius 3 is 2.79 bits per heavy atom. The Labute approximate surface area is 166 Å². The Bertz CT molecular complexity index is 549. The van der Waals surface area contributed by atoms with Gasteiger partial charge in [0, 0.05) is 31.0 Å². The molecule has 1 aliphatic rings. The normalized spacial score (nSPS) is 20.4. The number of aromatic hydroxyl groups is 1. The average molecular weight is 465 g/mol. The van der Waals surface area contributed by atoms with Crippen LogP contribution in [0.1, 0.15) is 25.3 Å². The first kappa shape index (κ1) is 21.2. The Kier molecular flexibility index (Phi) is 9.04. The minimum absolute atomic E-state index is 0. The number of hydrogen-bond acceptors (Lipinski definition) is 4. The fourth-order valence-corrected chi connectivity index (χ4v) is 3.91. The summed E-state index contributed by atoms with van der Waals surface area (Å²) in [5.74, 6) is 3.00. The van der Waals surface area contributed by atoms with Crippen molar-refractivity contribution in [2.24, 2.45) is 4.99 Å². The molecule has 1 fully saturated rings. The van der Waals surface area contributed by atoms with Crippen LogP contribution in [-0.2, 0) is 6.42 Å². The van der Waals surface area contributed by atoms with Gasteiger partial charge in [-0.3, -0.25) is 4.99 Å². The topological polar surface area (TPSA) is 65.9 Å². The van der Waals surface area contributed by atoms with E-state index in [1.165, 1.54) is 18.6 Å². The van der Waals surface area contributed by atoms with E-state index in [9.17, 15) is 5.11 Å². The number of rotatable bonds is 6. The van der Waals surface area contributed by atoms with Crippen molar-refractivity contribution in [2.45, 2.75) is 30.9 Å². The molecule has 7 heteroatoms. The third kappa shape index (κ3) is 6.23. The third-order valence-electron chi connectivity index (χ3n) is 4.13. The van der Waals surface area contributed by atoms with Crippen LogP contribution in [0.2, 0.25) is 0 Å². The molecule has 1 atom stereocenters. The number of nitrogens with zero attached hydrogens (tertiary/aromatic N) is 1. The summed E-state index contributed by atoms with van der Waals surface area (Å²) in [6.45, 7) is 3.94. The zero-order chi connectivity index (χ0) is 16.7. The largest absolute Gasteiger partial charge is 0.508 e. The predicted molar refractivity (Wildman–Crippen MR) is 113 cm³/mol. The lowest BCUT2D eigenvalue weighted by Crippen LogP contribution is -2.44. The van der Waals surface area contributed by atoms with Crippen molar-refractivity contribution in [3.05, 3.63) is 23.8 Å². The maximum atomic E-state index is 9.97. The molecular weight excluding hydrogens is 437 g/mol. The first-order valence-electron chi connectivity index (χ1n) is 8.01. The van der Waals surface area contributed by atoms with Gasteiger partial charge in [0.15, 0.2) is 5.96 Å². The monoisotopic (exact) mass is 465 g/mol. The van der Waals surface area contributed by atoms with E-state index in [0.717, 1.165) is 24.5 Å². The molecular formula is C17H28IN3O2S. The molecule has 1 aliphatic heterocycles. The molecule has 1 heterocycles. The summed E-state index contributed by atoms with van der Waals surface area (Å²) in [6, 6.07) is 5.39. The molecule has 0 radical (unpaired) electrons. The van der Waals surface area contributed by atoms with Gasteiger partial charge in [0.2, 0.25) is 0 Å². The fourth-order valence-electron chi connectivity index (χ4n) is 2.67. The molecule has 1 unspecified atom stereocenters. The lowest BCUT2D eigenvalue weighted by molar-refractivity contribution is 0.406. The van der Waals surface area contributed by atoms with Crippen LogP contribution in [0.4, 0.5) is 0 Å². The lowest BCUT2D eigenvalue weighted by atomic mass is 10.1. The number of aliphatic imine (C=N–C) groups is 1. The van der Waals surface area contributed by atoms with Crippen molar-refractivity contribution < 1.29 is 9.84 Å². The second-order valence-electron chi connectivity index (χ2n) is 6.00. The van der Waals surface area contributed by atoms with Crippen molar-refractivity contribution >= 4 is 41.7 Å². The summed E-state index contributed by atoms with van der Waals surface area (Å²) in [5.41, 5.74) is 0.895. The van der Waals surface area contributed by atoms with Crippen molar-refractivity contribution in [1.29, 1.82) is 0 Å².